The zero-order valence-corrected chi connectivity index (χ0v) is 19.7. The fourth-order valence-corrected chi connectivity index (χ4v) is 3.46. The fourth-order valence-electron chi connectivity index (χ4n) is 3.46. The van der Waals surface area contributed by atoms with E-state index < -0.39 is 17.8 Å². The van der Waals surface area contributed by atoms with Crippen LogP contribution in [0, 0.1) is 11.7 Å². The van der Waals surface area contributed by atoms with Gasteiger partial charge in [0, 0.05) is 37.4 Å². The second kappa shape index (κ2) is 15.0. The van der Waals surface area contributed by atoms with Crippen molar-refractivity contribution in [2.45, 2.75) is 19.3 Å². The molecule has 0 bridgehead atoms. The highest BCUT2D eigenvalue weighted by Crippen LogP contribution is 2.19. The van der Waals surface area contributed by atoms with E-state index in [2.05, 4.69) is 20.2 Å². The summed E-state index contributed by atoms with van der Waals surface area (Å²) in [4.78, 5) is 40.9. The third-order valence-electron chi connectivity index (χ3n) is 5.11. The van der Waals surface area contributed by atoms with Crippen LogP contribution in [0.2, 0.25) is 0 Å². The van der Waals surface area contributed by atoms with Gasteiger partial charge in [-0.2, -0.15) is 0 Å². The molecule has 5 N–H and O–H groups in total. The van der Waals surface area contributed by atoms with Crippen LogP contribution >= 0.6 is 0 Å². The number of rotatable bonds is 11. The average Bonchev–Trinajstić information content (AvgIpc) is 2.86. The molecule has 0 saturated carbocycles. The SMILES string of the molecule is NC(=O)c1ccnc(NCCCN2CCCC(COc3ccc(F)cc3)C2)n1.O=C(O)/C=C/C(=O)O. The van der Waals surface area contributed by atoms with Gasteiger partial charge in [0.1, 0.15) is 17.3 Å². The van der Waals surface area contributed by atoms with Gasteiger partial charge in [-0.05, 0) is 62.7 Å². The summed E-state index contributed by atoms with van der Waals surface area (Å²) >= 11 is 0. The number of hydrogen-bond donors (Lipinski definition) is 4. The van der Waals surface area contributed by atoms with E-state index in [1.807, 2.05) is 0 Å². The molecule has 1 amide bonds. The van der Waals surface area contributed by atoms with E-state index in [9.17, 15) is 18.8 Å². The van der Waals surface area contributed by atoms with Crippen LogP contribution < -0.4 is 15.8 Å². The van der Waals surface area contributed by atoms with Crippen LogP contribution in [0.5, 0.6) is 5.75 Å². The summed E-state index contributed by atoms with van der Waals surface area (Å²) < 4.78 is 18.8. The number of likely N-dealkylation sites (tertiary alicyclic amines) is 1. The Balaban J connectivity index is 0.000000493. The van der Waals surface area contributed by atoms with Crippen molar-refractivity contribution in [3.05, 3.63) is 60.2 Å². The number of carboxylic acids is 2. The normalized spacial score (nSPS) is 15.5. The number of carboxylic acid groups (broad SMARTS) is 2. The molecule has 0 spiro atoms. The first-order valence-electron chi connectivity index (χ1n) is 11.3. The Labute approximate surface area is 207 Å². The third kappa shape index (κ3) is 11.4. The van der Waals surface area contributed by atoms with Crippen LogP contribution in [0.25, 0.3) is 0 Å². The molecule has 1 atom stereocenters. The maximum atomic E-state index is 12.9. The smallest absolute Gasteiger partial charge is 0.328 e. The number of piperidine rings is 1. The van der Waals surface area contributed by atoms with Gasteiger partial charge in [0.25, 0.3) is 5.91 Å². The van der Waals surface area contributed by atoms with Gasteiger partial charge in [0.15, 0.2) is 0 Å². The summed E-state index contributed by atoms with van der Waals surface area (Å²) in [7, 11) is 0. The highest BCUT2D eigenvalue weighted by atomic mass is 19.1. The lowest BCUT2D eigenvalue weighted by molar-refractivity contribution is -0.134. The summed E-state index contributed by atoms with van der Waals surface area (Å²) in [6, 6.07) is 7.65. The van der Waals surface area contributed by atoms with Gasteiger partial charge in [-0.3, -0.25) is 4.79 Å². The molecule has 12 heteroatoms. The third-order valence-corrected chi connectivity index (χ3v) is 5.11. The van der Waals surface area contributed by atoms with Crippen molar-refractivity contribution in [1.82, 2.24) is 14.9 Å². The molecule has 2 heterocycles. The summed E-state index contributed by atoms with van der Waals surface area (Å²) in [6.45, 7) is 4.41. The lowest BCUT2D eigenvalue weighted by Crippen LogP contribution is -2.38. The molecule has 11 nitrogen and oxygen atoms in total. The number of aromatic nitrogens is 2. The molecule has 1 aromatic carbocycles. The Bertz CT molecular complexity index is 1020. The van der Waals surface area contributed by atoms with Crippen LogP contribution in [-0.2, 0) is 9.59 Å². The molecule has 0 radical (unpaired) electrons. The van der Waals surface area contributed by atoms with Gasteiger partial charge in [0.05, 0.1) is 6.61 Å². The second-order valence-electron chi connectivity index (χ2n) is 7.99. The van der Waals surface area contributed by atoms with E-state index in [-0.39, 0.29) is 11.5 Å². The van der Waals surface area contributed by atoms with Crippen molar-refractivity contribution in [2.24, 2.45) is 11.7 Å². The quantitative estimate of drug-likeness (QED) is 0.263. The highest BCUT2D eigenvalue weighted by molar-refractivity contribution is 5.91. The number of carbonyl (C=O) groups is 3. The highest BCUT2D eigenvalue weighted by Gasteiger charge is 2.20. The maximum Gasteiger partial charge on any atom is 0.328 e. The zero-order valence-electron chi connectivity index (χ0n) is 19.7. The first-order valence-corrected chi connectivity index (χ1v) is 11.3. The van der Waals surface area contributed by atoms with E-state index in [0.29, 0.717) is 36.4 Å². The van der Waals surface area contributed by atoms with E-state index in [0.717, 1.165) is 45.4 Å². The van der Waals surface area contributed by atoms with Crippen molar-refractivity contribution in [1.29, 1.82) is 0 Å². The number of nitrogens with zero attached hydrogens (tertiary/aromatic N) is 3. The first-order chi connectivity index (χ1) is 17.2. The number of primary amides is 1. The van der Waals surface area contributed by atoms with Crippen molar-refractivity contribution >= 4 is 23.8 Å². The van der Waals surface area contributed by atoms with E-state index in [1.54, 1.807) is 12.1 Å². The van der Waals surface area contributed by atoms with Crippen molar-refractivity contribution in [3.63, 3.8) is 0 Å². The summed E-state index contributed by atoms with van der Waals surface area (Å²) in [5.41, 5.74) is 5.43. The first kappa shape index (κ1) is 28.2. The molecule has 1 fully saturated rings. The van der Waals surface area contributed by atoms with Gasteiger partial charge in [0.2, 0.25) is 5.95 Å². The summed E-state index contributed by atoms with van der Waals surface area (Å²) in [5, 5.41) is 18.8. The monoisotopic (exact) mass is 503 g/mol. The predicted octanol–water partition coefficient (Wildman–Crippen LogP) is 2.02. The van der Waals surface area contributed by atoms with E-state index in [4.69, 9.17) is 20.7 Å². The molecule has 1 unspecified atom stereocenters. The number of nitrogens with one attached hydrogen (secondary N) is 1. The van der Waals surface area contributed by atoms with Gasteiger partial charge < -0.3 is 30.9 Å². The summed E-state index contributed by atoms with van der Waals surface area (Å²) in [5.74, 6) is -1.73. The molecule has 1 aromatic heterocycles. The molecule has 0 aliphatic carbocycles. The minimum Gasteiger partial charge on any atom is -0.493 e. The van der Waals surface area contributed by atoms with Crippen molar-refractivity contribution in [3.8, 4) is 5.75 Å². The number of hydrogen-bond acceptors (Lipinski definition) is 8. The number of carbonyl (C=O) groups excluding carboxylic acids is 1. The number of ether oxygens (including phenoxy) is 1. The van der Waals surface area contributed by atoms with Crippen LogP contribution in [-0.4, -0.2) is 75.7 Å². The molecule has 1 saturated heterocycles. The fraction of sp³-hybridized carbons (Fsp3) is 0.375. The number of amides is 1. The average molecular weight is 504 g/mol. The Morgan fingerprint density at radius 3 is 2.50 bits per heavy atom. The standard InChI is InChI=1S/C20H26FN5O2.C4H4O4/c21-16-4-6-17(7-5-16)28-14-15-3-1-11-26(13-15)12-2-9-23-20-24-10-8-18(25-20)19(22)27;5-3(6)1-2-4(7)8/h4-8,10,15H,1-3,9,11-14H2,(H2,22,27)(H,23,24,25);1-2H,(H,5,6)(H,7,8)/b;2-1+. The molecule has 1 aliphatic heterocycles. The topological polar surface area (TPSA) is 168 Å². The Kier molecular flexibility index (Phi) is 11.8. The molecule has 36 heavy (non-hydrogen) atoms. The van der Waals surface area contributed by atoms with Crippen LogP contribution in [0.1, 0.15) is 29.8 Å². The summed E-state index contributed by atoms with van der Waals surface area (Å²) in [6.07, 6.45) is 5.87. The van der Waals surface area contributed by atoms with E-state index >= 15 is 0 Å². The number of anilines is 1. The lowest BCUT2D eigenvalue weighted by Gasteiger charge is -2.32. The lowest BCUT2D eigenvalue weighted by atomic mass is 9.99. The molecule has 1 aliphatic rings. The molecule has 3 rings (SSSR count). The minimum atomic E-state index is -1.26. The molecule has 194 valence electrons. The number of halogens is 1. The van der Waals surface area contributed by atoms with Crippen LogP contribution in [0.4, 0.5) is 10.3 Å². The Morgan fingerprint density at radius 1 is 1.17 bits per heavy atom. The molecular weight excluding hydrogens is 473 g/mol. The van der Waals surface area contributed by atoms with Gasteiger partial charge in [-0.25, -0.2) is 23.9 Å². The van der Waals surface area contributed by atoms with Gasteiger partial charge >= 0.3 is 11.9 Å². The van der Waals surface area contributed by atoms with Crippen LogP contribution in [0.3, 0.4) is 0 Å². The number of nitrogens with two attached hydrogens (primary N) is 1. The van der Waals surface area contributed by atoms with E-state index in [1.165, 1.54) is 24.4 Å². The minimum absolute atomic E-state index is 0.206. The zero-order chi connectivity index (χ0) is 26.3. The van der Waals surface area contributed by atoms with Crippen molar-refractivity contribution in [2.75, 3.05) is 38.1 Å². The number of aliphatic carboxylic acids is 2. The number of benzene rings is 1. The second-order valence-corrected chi connectivity index (χ2v) is 7.99. The molecular formula is C24H30FN5O6. The Hall–Kier alpha value is -4.06. The molecule has 2 aromatic rings. The maximum absolute atomic E-state index is 12.9. The van der Waals surface area contributed by atoms with Crippen molar-refractivity contribution < 1.29 is 33.7 Å². The predicted molar refractivity (Wildman–Crippen MR) is 129 cm³/mol. The van der Waals surface area contributed by atoms with Gasteiger partial charge in [-0.15, -0.1) is 0 Å². The van der Waals surface area contributed by atoms with Gasteiger partial charge in [-0.1, -0.05) is 0 Å². The largest absolute Gasteiger partial charge is 0.493 e. The van der Waals surface area contributed by atoms with Crippen LogP contribution in [0.15, 0.2) is 48.7 Å². The Morgan fingerprint density at radius 2 is 1.86 bits per heavy atom.